The molecule has 1 saturated heterocycles. The second-order valence-electron chi connectivity index (χ2n) is 6.83. The van der Waals surface area contributed by atoms with Crippen LogP contribution in [0.4, 0.5) is 0 Å². The van der Waals surface area contributed by atoms with Gasteiger partial charge in [-0.1, -0.05) is 43.2 Å². The van der Waals surface area contributed by atoms with Crippen molar-refractivity contribution in [3.05, 3.63) is 35.9 Å². The number of carbonyl (C=O) groups excluding carboxylic acids is 2. The number of aliphatic hydroxyl groups is 1. The molecule has 0 radical (unpaired) electrons. The Labute approximate surface area is 136 Å². The first-order valence-corrected chi connectivity index (χ1v) is 8.46. The van der Waals surface area contributed by atoms with E-state index in [2.05, 4.69) is 0 Å². The quantitative estimate of drug-likeness (QED) is 0.868. The first kappa shape index (κ1) is 16.3. The minimum atomic E-state index is -1.44. The molecular weight excluding hydrogens is 292 g/mol. The molecule has 0 unspecified atom stereocenters. The number of ketones is 2. The van der Waals surface area contributed by atoms with Crippen LogP contribution in [0.15, 0.2) is 30.3 Å². The molecule has 1 saturated carbocycles. The zero-order chi connectivity index (χ0) is 16.4. The second kappa shape index (κ2) is 6.54. The summed E-state index contributed by atoms with van der Waals surface area (Å²) in [4.78, 5) is 24.8. The number of ether oxygens (including phenoxy) is 1. The topological polar surface area (TPSA) is 63.6 Å². The molecule has 1 N–H and O–H groups in total. The molecule has 23 heavy (non-hydrogen) atoms. The maximum atomic E-state index is 12.5. The van der Waals surface area contributed by atoms with Crippen LogP contribution in [-0.4, -0.2) is 35.0 Å². The first-order valence-electron chi connectivity index (χ1n) is 8.46. The molecular formula is C19H24O4. The number of rotatable bonds is 4. The Balaban J connectivity index is 1.83. The second-order valence-corrected chi connectivity index (χ2v) is 6.83. The van der Waals surface area contributed by atoms with E-state index in [-0.39, 0.29) is 36.6 Å². The summed E-state index contributed by atoms with van der Waals surface area (Å²) in [6.07, 6.45) is 3.84. The maximum absolute atomic E-state index is 12.5. The zero-order valence-corrected chi connectivity index (χ0v) is 13.5. The van der Waals surface area contributed by atoms with Crippen LogP contribution in [0.3, 0.4) is 0 Å². The molecule has 1 heterocycles. The van der Waals surface area contributed by atoms with Gasteiger partial charge in [0.25, 0.3) is 0 Å². The van der Waals surface area contributed by atoms with E-state index >= 15 is 0 Å². The third-order valence-corrected chi connectivity index (χ3v) is 5.49. The molecule has 2 aliphatic rings. The Morgan fingerprint density at radius 1 is 1.22 bits per heavy atom. The molecule has 0 spiro atoms. The van der Waals surface area contributed by atoms with Gasteiger partial charge in [0.2, 0.25) is 0 Å². The van der Waals surface area contributed by atoms with E-state index in [0.29, 0.717) is 5.56 Å². The zero-order valence-electron chi connectivity index (χ0n) is 13.5. The standard InChI is InChI=1S/C19H24O4/c1-13(20)19(22)15(11-17(21)14-7-3-2-4-8-14)12-23-18-10-6-5-9-16(18)19/h2-4,7-8,15-16,18,22H,5-6,9-12H2,1H3/t15-,16+,18+,19-/m1/s1. The predicted molar refractivity (Wildman–Crippen MR) is 86.2 cm³/mol. The molecule has 124 valence electrons. The van der Waals surface area contributed by atoms with Crippen molar-refractivity contribution in [2.24, 2.45) is 11.8 Å². The highest BCUT2D eigenvalue weighted by atomic mass is 16.5. The van der Waals surface area contributed by atoms with Crippen LogP contribution in [0.25, 0.3) is 0 Å². The summed E-state index contributed by atoms with van der Waals surface area (Å²) in [6.45, 7) is 1.72. The molecule has 0 amide bonds. The third-order valence-electron chi connectivity index (χ3n) is 5.49. The van der Waals surface area contributed by atoms with Crippen molar-refractivity contribution in [2.75, 3.05) is 6.61 Å². The van der Waals surface area contributed by atoms with E-state index in [1.807, 2.05) is 18.2 Å². The monoisotopic (exact) mass is 316 g/mol. The maximum Gasteiger partial charge on any atom is 0.163 e. The lowest BCUT2D eigenvalue weighted by Gasteiger charge is -2.49. The highest BCUT2D eigenvalue weighted by Crippen LogP contribution is 2.44. The average molecular weight is 316 g/mol. The molecule has 0 bridgehead atoms. The largest absolute Gasteiger partial charge is 0.381 e. The minimum absolute atomic E-state index is 0.0480. The summed E-state index contributed by atoms with van der Waals surface area (Å²) in [7, 11) is 0. The molecule has 1 aliphatic carbocycles. The summed E-state index contributed by atoms with van der Waals surface area (Å²) in [5, 5.41) is 11.2. The van der Waals surface area contributed by atoms with Crippen molar-refractivity contribution >= 4 is 11.6 Å². The smallest absolute Gasteiger partial charge is 0.163 e. The normalized spacial score (nSPS) is 33.7. The van der Waals surface area contributed by atoms with Crippen molar-refractivity contribution in [2.45, 2.75) is 50.7 Å². The van der Waals surface area contributed by atoms with E-state index in [1.165, 1.54) is 6.92 Å². The fraction of sp³-hybridized carbons (Fsp3) is 0.579. The van der Waals surface area contributed by atoms with Crippen molar-refractivity contribution in [3.63, 3.8) is 0 Å². The van der Waals surface area contributed by atoms with Gasteiger partial charge in [-0.25, -0.2) is 0 Å². The van der Waals surface area contributed by atoms with Gasteiger partial charge in [0, 0.05) is 23.8 Å². The molecule has 3 rings (SSSR count). The Bertz CT molecular complexity index is 582. The number of Topliss-reactive ketones (excluding diaryl/α,β-unsaturated/α-hetero) is 2. The van der Waals surface area contributed by atoms with Crippen molar-refractivity contribution in [3.8, 4) is 0 Å². The van der Waals surface area contributed by atoms with E-state index in [4.69, 9.17) is 4.74 Å². The summed E-state index contributed by atoms with van der Waals surface area (Å²) in [5.41, 5.74) is -0.822. The predicted octanol–water partition coefficient (Wildman–Crippen LogP) is 2.78. The average Bonchev–Trinajstić information content (AvgIpc) is 2.58. The van der Waals surface area contributed by atoms with E-state index < -0.39 is 11.5 Å². The van der Waals surface area contributed by atoms with Gasteiger partial charge < -0.3 is 9.84 Å². The number of carbonyl (C=O) groups is 2. The van der Waals surface area contributed by atoms with Crippen LogP contribution in [0.1, 0.15) is 49.4 Å². The van der Waals surface area contributed by atoms with Crippen LogP contribution in [0.2, 0.25) is 0 Å². The third kappa shape index (κ3) is 2.98. The van der Waals surface area contributed by atoms with Gasteiger partial charge in [0.05, 0.1) is 12.7 Å². The molecule has 0 aromatic heterocycles. The molecule has 4 heteroatoms. The van der Waals surface area contributed by atoms with E-state index in [1.54, 1.807) is 12.1 Å². The van der Waals surface area contributed by atoms with Crippen LogP contribution >= 0.6 is 0 Å². The Morgan fingerprint density at radius 2 is 1.91 bits per heavy atom. The van der Waals surface area contributed by atoms with Crippen molar-refractivity contribution in [1.29, 1.82) is 0 Å². The van der Waals surface area contributed by atoms with Crippen LogP contribution in [0.5, 0.6) is 0 Å². The van der Waals surface area contributed by atoms with Gasteiger partial charge in [-0.2, -0.15) is 0 Å². The Hall–Kier alpha value is -1.52. The van der Waals surface area contributed by atoms with Gasteiger partial charge >= 0.3 is 0 Å². The van der Waals surface area contributed by atoms with Crippen LogP contribution in [-0.2, 0) is 9.53 Å². The van der Waals surface area contributed by atoms with E-state index in [0.717, 1.165) is 25.7 Å². The Kier molecular flexibility index (Phi) is 4.64. The van der Waals surface area contributed by atoms with Crippen LogP contribution < -0.4 is 0 Å². The van der Waals surface area contributed by atoms with Crippen molar-refractivity contribution in [1.82, 2.24) is 0 Å². The lowest BCUT2D eigenvalue weighted by atomic mass is 9.64. The fourth-order valence-corrected chi connectivity index (χ4v) is 4.20. The first-order chi connectivity index (χ1) is 11.0. The van der Waals surface area contributed by atoms with Gasteiger partial charge in [-0.05, 0) is 19.8 Å². The molecule has 1 aliphatic heterocycles. The molecule has 2 fully saturated rings. The highest BCUT2D eigenvalue weighted by Gasteiger charge is 2.55. The lowest BCUT2D eigenvalue weighted by Crippen LogP contribution is -2.61. The summed E-state index contributed by atoms with van der Waals surface area (Å²) < 4.78 is 5.91. The highest BCUT2D eigenvalue weighted by molar-refractivity contribution is 5.97. The number of benzene rings is 1. The van der Waals surface area contributed by atoms with Crippen molar-refractivity contribution < 1.29 is 19.4 Å². The van der Waals surface area contributed by atoms with Gasteiger partial charge in [0.15, 0.2) is 11.6 Å². The lowest BCUT2D eigenvalue weighted by molar-refractivity contribution is -0.201. The summed E-state index contributed by atoms with van der Waals surface area (Å²) >= 11 is 0. The SMILES string of the molecule is CC(=O)[C@@]1(O)[C@H](CC(=O)c2ccccc2)CO[C@H]2CCCC[C@@H]21. The molecule has 1 aromatic rings. The summed E-state index contributed by atoms with van der Waals surface area (Å²) in [5.74, 6) is -0.931. The molecule has 4 atom stereocenters. The summed E-state index contributed by atoms with van der Waals surface area (Å²) in [6, 6.07) is 9.03. The molecule has 4 nitrogen and oxygen atoms in total. The number of hydrogen-bond donors (Lipinski definition) is 1. The minimum Gasteiger partial charge on any atom is -0.381 e. The van der Waals surface area contributed by atoms with Gasteiger partial charge in [0.1, 0.15) is 5.60 Å². The Morgan fingerprint density at radius 3 is 2.61 bits per heavy atom. The van der Waals surface area contributed by atoms with Gasteiger partial charge in [-0.3, -0.25) is 9.59 Å². The number of fused-ring (bicyclic) bond motifs is 1. The molecule has 1 aromatic carbocycles. The van der Waals surface area contributed by atoms with Crippen LogP contribution in [0, 0.1) is 11.8 Å². The van der Waals surface area contributed by atoms with E-state index in [9.17, 15) is 14.7 Å². The fourth-order valence-electron chi connectivity index (χ4n) is 4.20. The van der Waals surface area contributed by atoms with Gasteiger partial charge in [-0.15, -0.1) is 0 Å². The number of hydrogen-bond acceptors (Lipinski definition) is 4.